The number of hydrogen-bond donors (Lipinski definition) is 2. The van der Waals surface area contributed by atoms with Crippen molar-refractivity contribution in [2.24, 2.45) is 23.2 Å². The van der Waals surface area contributed by atoms with E-state index in [2.05, 4.69) is 9.46 Å². The van der Waals surface area contributed by atoms with Crippen LogP contribution >= 0.6 is 11.6 Å². The number of ether oxygens (including phenoxy) is 1. The van der Waals surface area contributed by atoms with Crippen molar-refractivity contribution in [3.8, 4) is 0 Å². The Morgan fingerprint density at radius 3 is 2.26 bits per heavy atom. The Hall–Kier alpha value is -1.71. The SMILES string of the molecule is COC(=O)c1cc(S(=O)(=O)NC(CC(=O)O)C23CC4CC(CC(C4)C2)C3)c(F)cc1Cl. The van der Waals surface area contributed by atoms with Crippen LogP contribution in [0.25, 0.3) is 0 Å². The molecule has 1 atom stereocenters. The fraction of sp³-hybridized carbons (Fsp3) is 0.619. The van der Waals surface area contributed by atoms with E-state index in [1.165, 1.54) is 0 Å². The molecule has 7 nitrogen and oxygen atoms in total. The molecule has 4 aliphatic carbocycles. The first-order valence-corrected chi connectivity index (χ1v) is 12.2. The van der Waals surface area contributed by atoms with E-state index >= 15 is 0 Å². The van der Waals surface area contributed by atoms with Gasteiger partial charge in [-0.15, -0.1) is 0 Å². The zero-order valence-electron chi connectivity index (χ0n) is 17.1. The van der Waals surface area contributed by atoms with Crippen molar-refractivity contribution < 1.29 is 32.2 Å². The summed E-state index contributed by atoms with van der Waals surface area (Å²) < 4.78 is 48.0. The third kappa shape index (κ3) is 4.19. The summed E-state index contributed by atoms with van der Waals surface area (Å²) in [6.07, 6.45) is 5.27. The van der Waals surface area contributed by atoms with E-state index < -0.39 is 44.1 Å². The van der Waals surface area contributed by atoms with Crippen molar-refractivity contribution >= 4 is 33.6 Å². The minimum absolute atomic E-state index is 0.272. The topological polar surface area (TPSA) is 110 Å². The van der Waals surface area contributed by atoms with Crippen LogP contribution < -0.4 is 4.72 Å². The summed E-state index contributed by atoms with van der Waals surface area (Å²) in [4.78, 5) is 22.8. The molecule has 2 N–H and O–H groups in total. The van der Waals surface area contributed by atoms with Crippen molar-refractivity contribution in [3.63, 3.8) is 0 Å². The molecule has 31 heavy (non-hydrogen) atoms. The van der Waals surface area contributed by atoms with E-state index in [1.807, 2.05) is 0 Å². The average Bonchev–Trinajstić information content (AvgIpc) is 2.65. The summed E-state index contributed by atoms with van der Waals surface area (Å²) >= 11 is 5.88. The van der Waals surface area contributed by atoms with Crippen molar-refractivity contribution in [1.29, 1.82) is 0 Å². The van der Waals surface area contributed by atoms with Gasteiger partial charge in [0.2, 0.25) is 10.0 Å². The number of carbonyl (C=O) groups excluding carboxylic acids is 1. The van der Waals surface area contributed by atoms with Gasteiger partial charge in [-0.3, -0.25) is 4.79 Å². The number of methoxy groups -OCH3 is 1. The first-order chi connectivity index (χ1) is 14.5. The number of carboxylic acids is 1. The van der Waals surface area contributed by atoms with E-state index in [0.717, 1.165) is 57.8 Å². The second-order valence-electron chi connectivity index (χ2n) is 9.31. The summed E-state index contributed by atoms with van der Waals surface area (Å²) in [5.41, 5.74) is -0.732. The molecule has 1 aromatic rings. The minimum Gasteiger partial charge on any atom is -0.481 e. The van der Waals surface area contributed by atoms with Crippen molar-refractivity contribution in [2.75, 3.05) is 7.11 Å². The maximum absolute atomic E-state index is 14.6. The molecule has 0 aromatic heterocycles. The molecule has 5 rings (SSSR count). The van der Waals surface area contributed by atoms with Crippen LogP contribution in [0.4, 0.5) is 4.39 Å². The average molecular weight is 474 g/mol. The molecule has 0 aliphatic heterocycles. The number of nitrogens with one attached hydrogen (secondary N) is 1. The first-order valence-electron chi connectivity index (χ1n) is 10.3. The lowest BCUT2D eigenvalue weighted by atomic mass is 9.47. The summed E-state index contributed by atoms with van der Waals surface area (Å²) in [6.45, 7) is 0. The molecule has 4 saturated carbocycles. The number of benzene rings is 1. The standard InChI is InChI=1S/C21H25ClFNO6S/c1-30-20(27)14-5-17(16(23)6-15(14)22)31(28,29)24-18(7-19(25)26)21-8-11-2-12(9-21)4-13(3-11)10-21/h5-6,11-13,18,24H,2-4,7-10H2,1H3,(H,25,26). The minimum atomic E-state index is -4.47. The lowest BCUT2D eigenvalue weighted by Crippen LogP contribution is -2.57. The molecular formula is C21H25ClFNO6S. The molecule has 0 amide bonds. The van der Waals surface area contributed by atoms with E-state index in [9.17, 15) is 27.5 Å². The Morgan fingerprint density at radius 1 is 1.23 bits per heavy atom. The highest BCUT2D eigenvalue weighted by Gasteiger charge is 2.55. The first kappa shape index (κ1) is 22.5. The van der Waals surface area contributed by atoms with Gasteiger partial charge in [0.25, 0.3) is 0 Å². The quantitative estimate of drug-likeness (QED) is 0.585. The summed E-state index contributed by atoms with van der Waals surface area (Å²) in [5.74, 6) is -1.70. The lowest BCUT2D eigenvalue weighted by Gasteiger charge is -2.59. The maximum Gasteiger partial charge on any atom is 0.339 e. The Labute approximate surface area is 185 Å². The largest absolute Gasteiger partial charge is 0.481 e. The van der Waals surface area contributed by atoms with Crippen LogP contribution in [0.3, 0.4) is 0 Å². The molecule has 1 unspecified atom stereocenters. The van der Waals surface area contributed by atoms with Gasteiger partial charge in [-0.25, -0.2) is 22.3 Å². The summed E-state index contributed by atoms with van der Waals surface area (Å²) in [6, 6.07) is 0.725. The highest BCUT2D eigenvalue weighted by Crippen LogP contribution is 2.61. The van der Waals surface area contributed by atoms with Crippen LogP contribution in [0.15, 0.2) is 17.0 Å². The second-order valence-corrected chi connectivity index (χ2v) is 11.4. The van der Waals surface area contributed by atoms with Crippen LogP contribution in [-0.4, -0.2) is 38.6 Å². The fourth-order valence-corrected chi connectivity index (χ4v) is 8.07. The normalized spacial score (nSPS) is 30.2. The van der Waals surface area contributed by atoms with Gasteiger partial charge in [-0.1, -0.05) is 11.6 Å². The molecule has 170 valence electrons. The molecule has 1 aromatic carbocycles. The van der Waals surface area contributed by atoms with Crippen molar-refractivity contribution in [1.82, 2.24) is 4.72 Å². The van der Waals surface area contributed by atoms with Crippen molar-refractivity contribution in [3.05, 3.63) is 28.5 Å². The number of sulfonamides is 1. The van der Waals surface area contributed by atoms with Crippen LogP contribution in [0.2, 0.25) is 5.02 Å². The third-order valence-electron chi connectivity index (χ3n) is 7.22. The summed E-state index contributed by atoms with van der Waals surface area (Å²) in [7, 11) is -3.36. The number of carbonyl (C=O) groups is 2. The number of hydrogen-bond acceptors (Lipinski definition) is 5. The Kier molecular flexibility index (Phi) is 5.81. The molecular weight excluding hydrogens is 449 g/mol. The van der Waals surface area contributed by atoms with Gasteiger partial charge in [0, 0.05) is 6.04 Å². The van der Waals surface area contributed by atoms with E-state index in [4.69, 9.17) is 11.6 Å². The van der Waals surface area contributed by atoms with Gasteiger partial charge in [-0.05, 0) is 73.8 Å². The molecule has 4 fully saturated rings. The van der Waals surface area contributed by atoms with Gasteiger partial charge in [0.15, 0.2) is 0 Å². The zero-order valence-corrected chi connectivity index (χ0v) is 18.6. The van der Waals surface area contributed by atoms with Crippen LogP contribution in [0, 0.1) is 29.0 Å². The van der Waals surface area contributed by atoms with Gasteiger partial charge in [-0.2, -0.15) is 0 Å². The summed E-state index contributed by atoms with van der Waals surface area (Å²) in [5, 5.41) is 9.23. The van der Waals surface area contributed by atoms with E-state index in [1.54, 1.807) is 0 Å². The molecule has 0 radical (unpaired) electrons. The lowest BCUT2D eigenvalue weighted by molar-refractivity contribution is -0.140. The fourth-order valence-electron chi connectivity index (χ4n) is 6.41. The van der Waals surface area contributed by atoms with Gasteiger partial charge >= 0.3 is 11.9 Å². The highest BCUT2D eigenvalue weighted by molar-refractivity contribution is 7.89. The maximum atomic E-state index is 14.6. The molecule has 0 spiro atoms. The van der Waals surface area contributed by atoms with Crippen LogP contribution in [0.1, 0.15) is 55.3 Å². The number of esters is 1. The van der Waals surface area contributed by atoms with E-state index in [0.29, 0.717) is 17.8 Å². The van der Waals surface area contributed by atoms with Crippen LogP contribution in [0.5, 0.6) is 0 Å². The second kappa shape index (κ2) is 8.01. The van der Waals surface area contributed by atoms with Gasteiger partial charge in [0.05, 0.1) is 24.1 Å². The number of rotatable bonds is 7. The Morgan fingerprint density at radius 2 is 1.77 bits per heavy atom. The monoisotopic (exact) mass is 473 g/mol. The Balaban J connectivity index is 1.69. The molecule has 10 heteroatoms. The smallest absolute Gasteiger partial charge is 0.339 e. The predicted molar refractivity (Wildman–Crippen MR) is 110 cm³/mol. The molecule has 4 bridgehead atoms. The number of halogens is 2. The van der Waals surface area contributed by atoms with Crippen molar-refractivity contribution in [2.45, 2.75) is 55.9 Å². The molecule has 4 aliphatic rings. The number of carboxylic acid groups (broad SMARTS) is 1. The molecule has 0 saturated heterocycles. The predicted octanol–water partition coefficient (Wildman–Crippen LogP) is 3.60. The number of aliphatic carboxylic acids is 1. The van der Waals surface area contributed by atoms with Gasteiger partial charge in [0.1, 0.15) is 10.7 Å². The molecule has 0 heterocycles. The third-order valence-corrected chi connectivity index (χ3v) is 9.02. The Bertz CT molecular complexity index is 992. The van der Waals surface area contributed by atoms with E-state index in [-0.39, 0.29) is 17.0 Å². The zero-order chi connectivity index (χ0) is 22.6. The van der Waals surface area contributed by atoms with Crippen LogP contribution in [-0.2, 0) is 19.6 Å². The van der Waals surface area contributed by atoms with Gasteiger partial charge < -0.3 is 9.84 Å². The highest BCUT2D eigenvalue weighted by atomic mass is 35.5.